The predicted molar refractivity (Wildman–Crippen MR) is 65.0 cm³/mol. The van der Waals surface area contributed by atoms with Crippen LogP contribution >= 0.6 is 15.9 Å². The van der Waals surface area contributed by atoms with Gasteiger partial charge in [0.25, 0.3) is 0 Å². The topological polar surface area (TPSA) is 35.2 Å². The van der Waals surface area contributed by atoms with Gasteiger partial charge in [0.2, 0.25) is 0 Å². The molecular weight excluding hydrogens is 254 g/mol. The predicted octanol–water partition coefficient (Wildman–Crippen LogP) is 3.10. The first-order chi connectivity index (χ1) is 7.20. The average molecular weight is 270 g/mol. The third-order valence-electron chi connectivity index (χ3n) is 2.81. The zero-order valence-electron chi connectivity index (χ0n) is 8.71. The SMILES string of the molecule is NC1(CCCOc2ccccc2Br)CC1. The smallest absolute Gasteiger partial charge is 0.133 e. The maximum atomic E-state index is 5.99. The van der Waals surface area contributed by atoms with E-state index in [4.69, 9.17) is 10.5 Å². The van der Waals surface area contributed by atoms with Crippen LogP contribution in [0, 0.1) is 0 Å². The van der Waals surface area contributed by atoms with Crippen LogP contribution in [0.1, 0.15) is 25.7 Å². The number of hydrogen-bond donors (Lipinski definition) is 1. The molecule has 2 N–H and O–H groups in total. The Morgan fingerprint density at radius 2 is 2.07 bits per heavy atom. The second-order valence-corrected chi connectivity index (χ2v) is 5.10. The van der Waals surface area contributed by atoms with Crippen LogP contribution in [0.25, 0.3) is 0 Å². The monoisotopic (exact) mass is 269 g/mol. The Labute approximate surface area is 98.9 Å². The number of nitrogens with two attached hydrogens (primary N) is 1. The van der Waals surface area contributed by atoms with Gasteiger partial charge in [-0.05, 0) is 53.7 Å². The first kappa shape index (κ1) is 11.0. The van der Waals surface area contributed by atoms with Crippen LogP contribution in [0.2, 0.25) is 0 Å². The minimum absolute atomic E-state index is 0.150. The van der Waals surface area contributed by atoms with Crippen molar-refractivity contribution in [2.75, 3.05) is 6.61 Å². The molecule has 0 heterocycles. The molecule has 0 spiro atoms. The summed E-state index contributed by atoms with van der Waals surface area (Å²) >= 11 is 3.45. The molecule has 1 aliphatic carbocycles. The van der Waals surface area contributed by atoms with E-state index in [1.165, 1.54) is 12.8 Å². The van der Waals surface area contributed by atoms with Crippen LogP contribution in [0.5, 0.6) is 5.75 Å². The van der Waals surface area contributed by atoms with Gasteiger partial charge in [0.1, 0.15) is 5.75 Å². The lowest BCUT2D eigenvalue weighted by molar-refractivity contribution is 0.298. The van der Waals surface area contributed by atoms with Crippen molar-refractivity contribution in [2.45, 2.75) is 31.2 Å². The first-order valence-electron chi connectivity index (χ1n) is 5.36. The highest BCUT2D eigenvalue weighted by Crippen LogP contribution is 2.36. The summed E-state index contributed by atoms with van der Waals surface area (Å²) in [5, 5.41) is 0. The Bertz CT molecular complexity index is 336. The molecule has 2 rings (SSSR count). The molecule has 0 bridgehead atoms. The number of hydrogen-bond acceptors (Lipinski definition) is 2. The minimum Gasteiger partial charge on any atom is -0.492 e. The van der Waals surface area contributed by atoms with E-state index >= 15 is 0 Å². The van der Waals surface area contributed by atoms with Crippen molar-refractivity contribution in [3.8, 4) is 5.75 Å². The minimum atomic E-state index is 0.150. The van der Waals surface area contributed by atoms with Gasteiger partial charge in [-0.25, -0.2) is 0 Å². The molecule has 82 valence electrons. The van der Waals surface area contributed by atoms with E-state index in [1.807, 2.05) is 24.3 Å². The van der Waals surface area contributed by atoms with Crippen molar-refractivity contribution >= 4 is 15.9 Å². The highest BCUT2D eigenvalue weighted by Gasteiger charge is 2.37. The van der Waals surface area contributed by atoms with Crippen LogP contribution in [0.4, 0.5) is 0 Å². The molecule has 15 heavy (non-hydrogen) atoms. The van der Waals surface area contributed by atoms with E-state index in [0.717, 1.165) is 29.7 Å². The molecule has 3 heteroatoms. The lowest BCUT2D eigenvalue weighted by Gasteiger charge is -2.10. The van der Waals surface area contributed by atoms with Crippen molar-refractivity contribution in [1.29, 1.82) is 0 Å². The number of benzene rings is 1. The van der Waals surface area contributed by atoms with E-state index in [1.54, 1.807) is 0 Å². The zero-order valence-corrected chi connectivity index (χ0v) is 10.3. The Morgan fingerprint density at radius 1 is 1.33 bits per heavy atom. The summed E-state index contributed by atoms with van der Waals surface area (Å²) in [5.41, 5.74) is 6.14. The van der Waals surface area contributed by atoms with Crippen molar-refractivity contribution < 1.29 is 4.74 Å². The summed E-state index contributed by atoms with van der Waals surface area (Å²) in [6.07, 6.45) is 4.49. The Balaban J connectivity index is 1.71. The van der Waals surface area contributed by atoms with Crippen LogP contribution in [0.3, 0.4) is 0 Å². The summed E-state index contributed by atoms with van der Waals surface area (Å²) in [4.78, 5) is 0. The van der Waals surface area contributed by atoms with Crippen molar-refractivity contribution in [2.24, 2.45) is 5.73 Å². The zero-order chi connectivity index (χ0) is 10.7. The molecule has 0 atom stereocenters. The van der Waals surface area contributed by atoms with Gasteiger partial charge >= 0.3 is 0 Å². The lowest BCUT2D eigenvalue weighted by Crippen LogP contribution is -2.22. The summed E-state index contributed by atoms with van der Waals surface area (Å²) in [6.45, 7) is 0.752. The molecule has 0 saturated heterocycles. The normalized spacial score (nSPS) is 17.5. The summed E-state index contributed by atoms with van der Waals surface area (Å²) < 4.78 is 6.67. The van der Waals surface area contributed by atoms with Gasteiger partial charge in [-0.3, -0.25) is 0 Å². The van der Waals surface area contributed by atoms with E-state index in [2.05, 4.69) is 15.9 Å². The molecule has 1 aromatic carbocycles. The molecule has 2 nitrogen and oxygen atoms in total. The molecule has 1 aliphatic rings. The second-order valence-electron chi connectivity index (χ2n) is 4.24. The van der Waals surface area contributed by atoms with E-state index in [-0.39, 0.29) is 5.54 Å². The Hall–Kier alpha value is -0.540. The molecule has 0 radical (unpaired) electrons. The fraction of sp³-hybridized carbons (Fsp3) is 0.500. The highest BCUT2D eigenvalue weighted by molar-refractivity contribution is 9.10. The third-order valence-corrected chi connectivity index (χ3v) is 3.46. The van der Waals surface area contributed by atoms with Crippen LogP contribution in [-0.2, 0) is 0 Å². The summed E-state index contributed by atoms with van der Waals surface area (Å²) in [6, 6.07) is 7.92. The quantitative estimate of drug-likeness (QED) is 0.834. The van der Waals surface area contributed by atoms with E-state index < -0.39 is 0 Å². The van der Waals surface area contributed by atoms with Crippen molar-refractivity contribution in [1.82, 2.24) is 0 Å². The number of ether oxygens (including phenoxy) is 1. The van der Waals surface area contributed by atoms with Gasteiger partial charge in [-0.1, -0.05) is 12.1 Å². The van der Waals surface area contributed by atoms with Gasteiger partial charge in [-0.15, -0.1) is 0 Å². The molecule has 1 aromatic rings. The molecule has 0 aliphatic heterocycles. The maximum Gasteiger partial charge on any atom is 0.133 e. The van der Waals surface area contributed by atoms with Gasteiger partial charge in [-0.2, -0.15) is 0 Å². The van der Waals surface area contributed by atoms with E-state index in [9.17, 15) is 0 Å². The number of halogens is 1. The number of rotatable bonds is 5. The Kier molecular flexibility index (Phi) is 3.32. The second kappa shape index (κ2) is 4.54. The molecular formula is C12H16BrNO. The van der Waals surface area contributed by atoms with Crippen molar-refractivity contribution in [3.63, 3.8) is 0 Å². The largest absolute Gasteiger partial charge is 0.492 e. The maximum absolute atomic E-state index is 5.99. The van der Waals surface area contributed by atoms with Crippen LogP contribution < -0.4 is 10.5 Å². The van der Waals surface area contributed by atoms with Gasteiger partial charge in [0.05, 0.1) is 11.1 Å². The molecule has 0 unspecified atom stereocenters. The molecule has 0 aromatic heterocycles. The average Bonchev–Trinajstić information content (AvgIpc) is 2.94. The number of para-hydroxylation sites is 1. The fourth-order valence-electron chi connectivity index (χ4n) is 1.58. The molecule has 0 amide bonds. The highest BCUT2D eigenvalue weighted by atomic mass is 79.9. The lowest BCUT2D eigenvalue weighted by atomic mass is 10.1. The Morgan fingerprint density at radius 3 is 2.73 bits per heavy atom. The first-order valence-corrected chi connectivity index (χ1v) is 6.15. The third kappa shape index (κ3) is 3.21. The van der Waals surface area contributed by atoms with E-state index in [0.29, 0.717) is 0 Å². The molecule has 1 saturated carbocycles. The standard InChI is InChI=1S/C12H16BrNO/c13-10-4-1-2-5-11(10)15-9-3-6-12(14)7-8-12/h1-2,4-5H,3,6-9,14H2. The van der Waals surface area contributed by atoms with Gasteiger partial charge in [0, 0.05) is 5.54 Å². The van der Waals surface area contributed by atoms with Gasteiger partial charge < -0.3 is 10.5 Å². The fourth-order valence-corrected chi connectivity index (χ4v) is 1.98. The van der Waals surface area contributed by atoms with Crippen molar-refractivity contribution in [3.05, 3.63) is 28.7 Å². The summed E-state index contributed by atoms with van der Waals surface area (Å²) in [7, 11) is 0. The molecule has 1 fully saturated rings. The van der Waals surface area contributed by atoms with Crippen LogP contribution in [-0.4, -0.2) is 12.1 Å². The van der Waals surface area contributed by atoms with Gasteiger partial charge in [0.15, 0.2) is 0 Å². The summed E-state index contributed by atoms with van der Waals surface area (Å²) in [5.74, 6) is 0.916. The van der Waals surface area contributed by atoms with Crippen LogP contribution in [0.15, 0.2) is 28.7 Å².